The van der Waals surface area contributed by atoms with Crippen molar-refractivity contribution in [2.24, 2.45) is 4.99 Å². The van der Waals surface area contributed by atoms with Crippen LogP contribution in [0.4, 0.5) is 0 Å². The number of allylic oxidation sites excluding steroid dienone is 1. The molecule has 1 atom stereocenters. The first-order chi connectivity index (χ1) is 21.7. The Labute approximate surface area is 271 Å². The molecule has 0 amide bonds. The molecule has 45 heavy (non-hydrogen) atoms. The highest BCUT2D eigenvalue weighted by Crippen LogP contribution is 2.37. The van der Waals surface area contributed by atoms with Crippen molar-refractivity contribution in [2.75, 3.05) is 7.11 Å². The highest BCUT2D eigenvalue weighted by molar-refractivity contribution is 9.10. The number of hydrogen-bond donors (Lipinski definition) is 0. The number of halogens is 1. The minimum Gasteiger partial charge on any atom is -0.496 e. The first-order valence-corrected chi connectivity index (χ1v) is 15.9. The van der Waals surface area contributed by atoms with Crippen LogP contribution in [0.2, 0.25) is 0 Å². The molecule has 3 aromatic carbocycles. The van der Waals surface area contributed by atoms with Crippen molar-refractivity contribution in [1.29, 1.82) is 5.26 Å². The Balaban J connectivity index is 1.52. The molecule has 0 aliphatic carbocycles. The highest BCUT2D eigenvalue weighted by Gasteiger charge is 2.35. The lowest BCUT2D eigenvalue weighted by molar-refractivity contribution is -0.143. The van der Waals surface area contributed by atoms with E-state index in [0.717, 1.165) is 26.5 Å². The van der Waals surface area contributed by atoms with Gasteiger partial charge in [-0.05, 0) is 68.8 Å². The maximum Gasteiger partial charge on any atom is 0.338 e. The Morgan fingerprint density at radius 2 is 1.91 bits per heavy atom. The zero-order valence-corrected chi connectivity index (χ0v) is 27.5. The molecule has 1 aliphatic heterocycles. The lowest BCUT2D eigenvalue weighted by Crippen LogP contribution is -2.40. The number of carbonyl (C=O) groups excluding carboxylic acids is 1. The number of ether oxygens (including phenoxy) is 2. The number of nitrogens with zero attached hydrogens (tertiary/aromatic N) is 4. The third-order valence-electron chi connectivity index (χ3n) is 7.61. The fourth-order valence-corrected chi connectivity index (χ4v) is 7.03. The third kappa shape index (κ3) is 5.77. The van der Waals surface area contributed by atoms with E-state index in [-0.39, 0.29) is 17.2 Å². The van der Waals surface area contributed by atoms with Gasteiger partial charge < -0.3 is 14.0 Å². The predicted octanol–water partition coefficient (Wildman–Crippen LogP) is 5.83. The molecule has 0 saturated heterocycles. The van der Waals surface area contributed by atoms with E-state index < -0.39 is 12.0 Å². The van der Waals surface area contributed by atoms with Gasteiger partial charge in [-0.1, -0.05) is 57.6 Å². The summed E-state index contributed by atoms with van der Waals surface area (Å²) in [7, 11) is 1.56. The van der Waals surface area contributed by atoms with Gasteiger partial charge in [0, 0.05) is 39.2 Å². The van der Waals surface area contributed by atoms with Gasteiger partial charge in [0.25, 0.3) is 5.56 Å². The number of hydrogen-bond acceptors (Lipinski definition) is 7. The van der Waals surface area contributed by atoms with Crippen LogP contribution in [0.15, 0.2) is 98.5 Å². The summed E-state index contributed by atoms with van der Waals surface area (Å²) in [5.74, 6) is 0.00614. The van der Waals surface area contributed by atoms with Gasteiger partial charge in [0.05, 0.1) is 40.6 Å². The number of carbonyl (C=O) groups is 1. The number of para-hydroxylation sites is 1. The SMILES string of the molecule is COc1ccc(Br)cc1[C@@H]1C(C(=O)OC(C)C)=C(C)N=c2s/c(=C\c3cn(Cc4ccc(C#N)cc4)c4ccccc34)c(=O)n21. The number of benzene rings is 3. The Kier molecular flexibility index (Phi) is 8.32. The van der Waals surface area contributed by atoms with Gasteiger partial charge in [-0.3, -0.25) is 9.36 Å². The van der Waals surface area contributed by atoms with E-state index in [1.54, 1.807) is 38.5 Å². The maximum absolute atomic E-state index is 14.3. The van der Waals surface area contributed by atoms with Gasteiger partial charge >= 0.3 is 5.97 Å². The van der Waals surface area contributed by atoms with Crippen LogP contribution in [-0.2, 0) is 16.1 Å². The Hall–Kier alpha value is -4.72. The molecule has 0 fully saturated rings. The van der Waals surface area contributed by atoms with Gasteiger partial charge in [0.1, 0.15) is 11.8 Å². The molecule has 226 valence electrons. The van der Waals surface area contributed by atoms with Crippen LogP contribution in [0.1, 0.15) is 49.1 Å². The van der Waals surface area contributed by atoms with Crippen LogP contribution in [0.3, 0.4) is 0 Å². The summed E-state index contributed by atoms with van der Waals surface area (Å²) in [4.78, 5) is 33.0. The number of methoxy groups -OCH3 is 1. The number of esters is 1. The van der Waals surface area contributed by atoms with E-state index >= 15 is 0 Å². The van der Waals surface area contributed by atoms with Gasteiger partial charge in [0.15, 0.2) is 4.80 Å². The van der Waals surface area contributed by atoms with Crippen LogP contribution >= 0.6 is 27.3 Å². The van der Waals surface area contributed by atoms with Gasteiger partial charge in [-0.2, -0.15) is 5.26 Å². The fourth-order valence-electron chi connectivity index (χ4n) is 5.62. The van der Waals surface area contributed by atoms with Gasteiger partial charge in [0.2, 0.25) is 0 Å². The lowest BCUT2D eigenvalue weighted by atomic mass is 9.95. The standard InChI is InChI=1S/C35H29BrN4O4S/c1-20(2)44-34(42)31-21(3)38-35-40(32(31)27-16-25(36)13-14-29(27)43-4)33(41)30(45-35)15-24-19-39(28-8-6-5-7-26(24)28)18-23-11-9-22(17-37)10-12-23/h5-16,19-20,32H,18H2,1-4H3/b30-15-/t32-/m1/s1. The van der Waals surface area contributed by atoms with Crippen LogP contribution in [0.5, 0.6) is 5.75 Å². The van der Waals surface area contributed by atoms with Crippen molar-refractivity contribution >= 4 is 50.2 Å². The van der Waals surface area contributed by atoms with E-state index in [1.165, 1.54) is 11.3 Å². The largest absolute Gasteiger partial charge is 0.496 e. The first kappa shape index (κ1) is 30.3. The quantitative estimate of drug-likeness (QED) is 0.202. The lowest BCUT2D eigenvalue weighted by Gasteiger charge is -2.26. The van der Waals surface area contributed by atoms with E-state index in [9.17, 15) is 14.9 Å². The van der Waals surface area contributed by atoms with Gasteiger partial charge in [-0.25, -0.2) is 9.79 Å². The first-order valence-electron chi connectivity index (χ1n) is 14.3. The van der Waals surface area contributed by atoms with Crippen molar-refractivity contribution in [3.8, 4) is 11.8 Å². The second kappa shape index (κ2) is 12.3. The smallest absolute Gasteiger partial charge is 0.338 e. The minimum atomic E-state index is -0.806. The molecular formula is C35H29BrN4O4S. The molecule has 0 radical (unpaired) electrons. The second-order valence-electron chi connectivity index (χ2n) is 11.0. The number of nitriles is 1. The average molecular weight is 682 g/mol. The number of rotatable bonds is 7. The number of thiazole rings is 1. The molecule has 3 heterocycles. The second-order valence-corrected chi connectivity index (χ2v) is 12.9. The fraction of sp³-hybridized carbons (Fsp3) is 0.200. The normalized spacial score (nSPS) is 14.8. The topological polar surface area (TPSA) is 98.6 Å². The summed E-state index contributed by atoms with van der Waals surface area (Å²) in [5, 5.41) is 10.2. The monoisotopic (exact) mass is 680 g/mol. The van der Waals surface area contributed by atoms with Crippen LogP contribution < -0.4 is 19.6 Å². The predicted molar refractivity (Wildman–Crippen MR) is 178 cm³/mol. The highest BCUT2D eigenvalue weighted by atomic mass is 79.9. The van der Waals surface area contributed by atoms with Gasteiger partial charge in [-0.15, -0.1) is 0 Å². The molecule has 5 aromatic rings. The van der Waals surface area contributed by atoms with Crippen LogP contribution in [0, 0.1) is 11.3 Å². The third-order valence-corrected chi connectivity index (χ3v) is 9.09. The molecular weight excluding hydrogens is 652 g/mol. The summed E-state index contributed by atoms with van der Waals surface area (Å²) < 4.78 is 16.3. The zero-order valence-electron chi connectivity index (χ0n) is 25.1. The summed E-state index contributed by atoms with van der Waals surface area (Å²) in [6.07, 6.45) is 3.57. The molecule has 0 N–H and O–H groups in total. The van der Waals surface area contributed by atoms with Crippen molar-refractivity contribution in [3.63, 3.8) is 0 Å². The summed E-state index contributed by atoms with van der Waals surface area (Å²) >= 11 is 4.83. The van der Waals surface area contributed by atoms with Crippen LogP contribution in [0.25, 0.3) is 17.0 Å². The summed E-state index contributed by atoms with van der Waals surface area (Å²) in [6.45, 7) is 5.94. The van der Waals surface area contributed by atoms with E-state index in [1.807, 2.05) is 72.9 Å². The van der Waals surface area contributed by atoms with E-state index in [2.05, 4.69) is 26.6 Å². The van der Waals surface area contributed by atoms with Crippen LogP contribution in [-0.4, -0.2) is 28.3 Å². The van der Waals surface area contributed by atoms with Crippen molar-refractivity contribution in [1.82, 2.24) is 9.13 Å². The summed E-state index contributed by atoms with van der Waals surface area (Å²) in [6, 6.07) is 22.4. The average Bonchev–Trinajstić information content (AvgIpc) is 3.52. The molecule has 6 rings (SSSR count). The number of aromatic nitrogens is 2. The van der Waals surface area contributed by atoms with Crippen molar-refractivity contribution in [2.45, 2.75) is 39.5 Å². The Morgan fingerprint density at radius 1 is 1.16 bits per heavy atom. The maximum atomic E-state index is 14.3. The van der Waals surface area contributed by atoms with Crippen molar-refractivity contribution < 1.29 is 14.3 Å². The van der Waals surface area contributed by atoms with Crippen molar-refractivity contribution in [3.05, 3.63) is 131 Å². The zero-order chi connectivity index (χ0) is 31.8. The Morgan fingerprint density at radius 3 is 2.62 bits per heavy atom. The molecule has 10 heteroatoms. The Bertz CT molecular complexity index is 2220. The van der Waals surface area contributed by atoms with E-state index in [0.29, 0.717) is 38.5 Å². The molecule has 0 saturated carbocycles. The molecule has 1 aliphatic rings. The molecule has 0 unspecified atom stereocenters. The minimum absolute atomic E-state index is 0.267. The molecule has 0 bridgehead atoms. The van der Waals surface area contributed by atoms with E-state index in [4.69, 9.17) is 14.5 Å². The summed E-state index contributed by atoms with van der Waals surface area (Å²) in [5.41, 5.74) is 4.73. The molecule has 8 nitrogen and oxygen atoms in total. The number of fused-ring (bicyclic) bond motifs is 2. The molecule has 2 aromatic heterocycles. The molecule has 0 spiro atoms.